The van der Waals surface area contributed by atoms with Crippen molar-refractivity contribution in [1.82, 2.24) is 0 Å². The Kier molecular flexibility index (Phi) is 11.7. The van der Waals surface area contributed by atoms with Crippen molar-refractivity contribution in [2.45, 2.75) is 115 Å². The number of carboxylic acids is 1. The molecule has 184 valence electrons. The van der Waals surface area contributed by atoms with Crippen molar-refractivity contribution in [3.05, 3.63) is 24.0 Å². The Bertz CT molecular complexity index is 607. The number of aliphatic carboxylic acids is 1. The number of aliphatic hydroxyl groups is 1. The molecule has 0 radical (unpaired) electrons. The first kappa shape index (κ1) is 26.8. The first-order chi connectivity index (χ1) is 15.4. The van der Waals surface area contributed by atoms with Crippen LogP contribution in [0.4, 0.5) is 4.39 Å². The van der Waals surface area contributed by atoms with Crippen molar-refractivity contribution in [3.8, 4) is 0 Å². The number of hydrogen-bond acceptors (Lipinski definition) is 4. The lowest BCUT2D eigenvalue weighted by atomic mass is 9.73. The van der Waals surface area contributed by atoms with Crippen LogP contribution in [0.1, 0.15) is 97.3 Å². The van der Waals surface area contributed by atoms with Gasteiger partial charge >= 0.3 is 5.97 Å². The molecule has 1 saturated carbocycles. The second-order valence-electron chi connectivity index (χ2n) is 9.28. The average Bonchev–Trinajstić information content (AvgIpc) is 3.34. The molecule has 1 heterocycles. The summed E-state index contributed by atoms with van der Waals surface area (Å²) in [7, 11) is 0. The molecule has 0 aromatic heterocycles. The van der Waals surface area contributed by atoms with E-state index in [0.717, 1.165) is 44.9 Å². The molecule has 1 aliphatic carbocycles. The maximum absolute atomic E-state index is 14.5. The zero-order valence-corrected chi connectivity index (χ0v) is 19.9. The zero-order valence-electron chi connectivity index (χ0n) is 19.9. The Morgan fingerprint density at radius 1 is 1.16 bits per heavy atom. The largest absolute Gasteiger partial charge is 0.479 e. The van der Waals surface area contributed by atoms with E-state index in [9.17, 15) is 19.4 Å². The third-order valence-corrected chi connectivity index (χ3v) is 6.82. The lowest BCUT2D eigenvalue weighted by molar-refractivity contribution is -0.182. The number of allylic oxidation sites excluding steroid dienone is 3. The molecule has 0 amide bonds. The predicted molar refractivity (Wildman–Crippen MR) is 124 cm³/mol. The Morgan fingerprint density at radius 3 is 2.47 bits per heavy atom. The molecular formula is C26H43FO5. The molecule has 2 aliphatic rings. The normalized spacial score (nSPS) is 24.4. The molecule has 0 bridgehead atoms. The van der Waals surface area contributed by atoms with Gasteiger partial charge in [-0.15, -0.1) is 0 Å². The minimum atomic E-state index is -1.95. The van der Waals surface area contributed by atoms with Gasteiger partial charge in [0.1, 0.15) is 11.9 Å². The fourth-order valence-corrected chi connectivity index (χ4v) is 4.90. The van der Waals surface area contributed by atoms with E-state index in [2.05, 4.69) is 0 Å². The third kappa shape index (κ3) is 7.58. The molecule has 2 N–H and O–H groups in total. The van der Waals surface area contributed by atoms with Crippen molar-refractivity contribution in [2.24, 2.45) is 11.8 Å². The topological polar surface area (TPSA) is 76.0 Å². The maximum atomic E-state index is 14.5. The first-order valence-corrected chi connectivity index (χ1v) is 12.7. The van der Waals surface area contributed by atoms with E-state index in [-0.39, 0.29) is 12.3 Å². The molecule has 2 unspecified atom stereocenters. The summed E-state index contributed by atoms with van der Waals surface area (Å²) < 4.78 is 26.5. The molecule has 1 aliphatic heterocycles. The smallest absolute Gasteiger partial charge is 0.336 e. The van der Waals surface area contributed by atoms with E-state index in [0.29, 0.717) is 44.5 Å². The number of carbonyl (C=O) groups is 1. The van der Waals surface area contributed by atoms with Crippen LogP contribution in [-0.2, 0) is 14.3 Å². The number of alkyl halides is 1. The number of unbranched alkanes of at least 4 members (excludes halogenated alkanes) is 1. The molecule has 6 heteroatoms. The van der Waals surface area contributed by atoms with Gasteiger partial charge in [0.25, 0.3) is 0 Å². The van der Waals surface area contributed by atoms with E-state index in [1.165, 1.54) is 0 Å². The highest BCUT2D eigenvalue weighted by molar-refractivity contribution is 5.78. The fraction of sp³-hybridized carbons (Fsp3) is 0.808. The Hall–Kier alpha value is -1.40. The Labute approximate surface area is 193 Å². The van der Waals surface area contributed by atoms with Crippen LogP contribution in [0.5, 0.6) is 0 Å². The number of hydrogen-bond donors (Lipinski definition) is 2. The summed E-state index contributed by atoms with van der Waals surface area (Å²) in [4.78, 5) is 12.5. The van der Waals surface area contributed by atoms with Crippen molar-refractivity contribution in [2.75, 3.05) is 6.61 Å². The number of ether oxygens (including phenoxy) is 2. The summed E-state index contributed by atoms with van der Waals surface area (Å²) >= 11 is 0. The zero-order chi connectivity index (χ0) is 23.4. The van der Waals surface area contributed by atoms with Crippen LogP contribution >= 0.6 is 0 Å². The molecule has 0 aromatic carbocycles. The molecule has 32 heavy (non-hydrogen) atoms. The molecule has 1 saturated heterocycles. The van der Waals surface area contributed by atoms with Gasteiger partial charge in [-0.25, -0.2) is 9.18 Å². The molecule has 4 atom stereocenters. The summed E-state index contributed by atoms with van der Waals surface area (Å²) in [6.07, 6.45) is 13.4. The van der Waals surface area contributed by atoms with Crippen molar-refractivity contribution < 1.29 is 28.9 Å². The van der Waals surface area contributed by atoms with E-state index >= 15 is 0 Å². The van der Waals surface area contributed by atoms with E-state index in [1.807, 2.05) is 26.0 Å². The number of carboxylic acid groups (broad SMARTS) is 1. The molecular weight excluding hydrogens is 411 g/mol. The highest BCUT2D eigenvalue weighted by atomic mass is 19.1. The second-order valence-corrected chi connectivity index (χ2v) is 9.28. The quantitative estimate of drug-likeness (QED) is 0.238. The second kappa shape index (κ2) is 14.0. The lowest BCUT2D eigenvalue weighted by Crippen LogP contribution is -2.52. The SMILES string of the molecule is CCC=CC[C@@H](C(=CCC(F)CCCC)OC1CCCCO1)[C@](O)(C(=O)O)C1CCCC1. The van der Waals surface area contributed by atoms with Gasteiger partial charge in [0.15, 0.2) is 11.9 Å². The minimum Gasteiger partial charge on any atom is -0.479 e. The molecule has 5 nitrogen and oxygen atoms in total. The Morgan fingerprint density at radius 2 is 1.88 bits per heavy atom. The Balaban J connectivity index is 2.38. The standard InChI is InChI=1S/C26H43FO5/c1-3-5-7-15-22(26(30,25(28)29)20-12-8-9-13-20)23(18-17-21(27)14-6-4-2)32-24-16-10-11-19-31-24/h5,7,18,20-22,24,30H,3-4,6,8-17,19H2,1-2H3,(H,28,29)/t21?,22-,24?,26-/m0/s1. The average molecular weight is 455 g/mol. The van der Waals surface area contributed by atoms with Crippen LogP contribution in [-0.4, -0.2) is 40.9 Å². The summed E-state index contributed by atoms with van der Waals surface area (Å²) in [6.45, 7) is 4.63. The van der Waals surface area contributed by atoms with Crippen molar-refractivity contribution >= 4 is 5.97 Å². The van der Waals surface area contributed by atoms with Crippen LogP contribution in [0.25, 0.3) is 0 Å². The summed E-state index contributed by atoms with van der Waals surface area (Å²) in [5.74, 6) is -1.98. The van der Waals surface area contributed by atoms with Gasteiger partial charge in [-0.2, -0.15) is 0 Å². The summed E-state index contributed by atoms with van der Waals surface area (Å²) in [5, 5.41) is 21.9. The molecule has 2 fully saturated rings. The summed E-state index contributed by atoms with van der Waals surface area (Å²) in [5.41, 5.74) is -1.95. The summed E-state index contributed by atoms with van der Waals surface area (Å²) in [6, 6.07) is 0. The fourth-order valence-electron chi connectivity index (χ4n) is 4.90. The van der Waals surface area contributed by atoms with Gasteiger partial charge in [-0.3, -0.25) is 0 Å². The van der Waals surface area contributed by atoms with Gasteiger partial charge in [-0.1, -0.05) is 51.7 Å². The van der Waals surface area contributed by atoms with E-state index < -0.39 is 29.9 Å². The van der Waals surface area contributed by atoms with Crippen LogP contribution < -0.4 is 0 Å². The molecule has 0 aromatic rings. The first-order valence-electron chi connectivity index (χ1n) is 12.7. The van der Waals surface area contributed by atoms with Gasteiger partial charge < -0.3 is 19.7 Å². The lowest BCUT2D eigenvalue weighted by Gasteiger charge is -2.39. The number of rotatable bonds is 14. The third-order valence-electron chi connectivity index (χ3n) is 6.82. The monoisotopic (exact) mass is 454 g/mol. The maximum Gasteiger partial charge on any atom is 0.336 e. The number of halogens is 1. The van der Waals surface area contributed by atoms with Gasteiger partial charge in [0.2, 0.25) is 0 Å². The predicted octanol–water partition coefficient (Wildman–Crippen LogP) is 6.31. The van der Waals surface area contributed by atoms with Gasteiger partial charge in [0.05, 0.1) is 12.5 Å². The van der Waals surface area contributed by atoms with Crippen LogP contribution in [0, 0.1) is 11.8 Å². The van der Waals surface area contributed by atoms with Crippen LogP contribution in [0.15, 0.2) is 24.0 Å². The molecule has 0 spiro atoms. The van der Waals surface area contributed by atoms with Crippen LogP contribution in [0.2, 0.25) is 0 Å². The van der Waals surface area contributed by atoms with Crippen molar-refractivity contribution in [1.29, 1.82) is 0 Å². The highest BCUT2D eigenvalue weighted by Crippen LogP contribution is 2.44. The van der Waals surface area contributed by atoms with Crippen LogP contribution in [0.3, 0.4) is 0 Å². The van der Waals surface area contributed by atoms with E-state index in [1.54, 1.807) is 6.08 Å². The van der Waals surface area contributed by atoms with Crippen molar-refractivity contribution in [3.63, 3.8) is 0 Å². The van der Waals surface area contributed by atoms with Gasteiger partial charge in [0, 0.05) is 12.8 Å². The highest BCUT2D eigenvalue weighted by Gasteiger charge is 2.52. The minimum absolute atomic E-state index is 0.149. The van der Waals surface area contributed by atoms with E-state index in [4.69, 9.17) is 9.47 Å². The molecule has 2 rings (SSSR count). The van der Waals surface area contributed by atoms with Gasteiger partial charge in [-0.05, 0) is 56.9 Å².